The lowest BCUT2D eigenvalue weighted by Gasteiger charge is -2.21. The second kappa shape index (κ2) is 5.08. The van der Waals surface area contributed by atoms with Crippen LogP contribution in [0.2, 0.25) is 0 Å². The van der Waals surface area contributed by atoms with Gasteiger partial charge in [-0.1, -0.05) is 12.1 Å². The average Bonchev–Trinajstić information content (AvgIpc) is 2.81. The van der Waals surface area contributed by atoms with Gasteiger partial charge in [-0.25, -0.2) is 4.79 Å². The van der Waals surface area contributed by atoms with Crippen LogP contribution in [0.25, 0.3) is 0 Å². The van der Waals surface area contributed by atoms with E-state index in [0.717, 1.165) is 12.0 Å². The summed E-state index contributed by atoms with van der Waals surface area (Å²) in [5.41, 5.74) is 7.07. The Bertz CT molecular complexity index is 456. The van der Waals surface area contributed by atoms with E-state index in [9.17, 15) is 9.59 Å². The first-order valence-electron chi connectivity index (χ1n) is 5.94. The quantitative estimate of drug-likeness (QED) is 0.778. The minimum absolute atomic E-state index is 0.135. The van der Waals surface area contributed by atoms with Crippen LogP contribution in [-0.2, 0) is 16.0 Å². The predicted molar refractivity (Wildman–Crippen MR) is 66.9 cm³/mol. The van der Waals surface area contributed by atoms with Crippen molar-refractivity contribution in [2.75, 3.05) is 12.3 Å². The Morgan fingerprint density at radius 3 is 2.61 bits per heavy atom. The fourth-order valence-corrected chi connectivity index (χ4v) is 2.23. The van der Waals surface area contributed by atoms with Crippen LogP contribution < -0.4 is 5.73 Å². The molecule has 0 aliphatic carbocycles. The summed E-state index contributed by atoms with van der Waals surface area (Å²) in [5.74, 6) is -1.05. The second-order valence-corrected chi connectivity index (χ2v) is 4.50. The molecule has 1 fully saturated rings. The summed E-state index contributed by atoms with van der Waals surface area (Å²) in [6.45, 7) is 0.533. The maximum atomic E-state index is 12.0. The number of nitrogens with two attached hydrogens (primary N) is 1. The van der Waals surface area contributed by atoms with Crippen LogP contribution in [-0.4, -0.2) is 34.5 Å². The molecule has 18 heavy (non-hydrogen) atoms. The SMILES string of the molecule is Nc1ccc(CC(=O)N2CCC[C@H]2C(=O)O)cc1. The maximum absolute atomic E-state index is 12.0. The van der Waals surface area contributed by atoms with E-state index >= 15 is 0 Å². The van der Waals surface area contributed by atoms with E-state index in [1.54, 1.807) is 24.3 Å². The number of nitrogens with zero attached hydrogens (tertiary/aromatic N) is 1. The molecule has 3 N–H and O–H groups in total. The standard InChI is InChI=1S/C13H16N2O3/c14-10-5-3-9(4-6-10)8-12(16)15-7-1-2-11(15)13(17)18/h3-6,11H,1-2,7-8,14H2,(H,17,18)/t11-/m0/s1. The normalized spacial score (nSPS) is 18.9. The molecule has 0 radical (unpaired) electrons. The van der Waals surface area contributed by atoms with Gasteiger partial charge in [-0.05, 0) is 30.5 Å². The highest BCUT2D eigenvalue weighted by molar-refractivity contribution is 5.85. The Balaban J connectivity index is 2.03. The molecule has 5 nitrogen and oxygen atoms in total. The fraction of sp³-hybridized carbons (Fsp3) is 0.385. The molecule has 1 aromatic carbocycles. The van der Waals surface area contributed by atoms with Crippen molar-refractivity contribution in [2.24, 2.45) is 0 Å². The molecule has 0 bridgehead atoms. The molecule has 1 aliphatic heterocycles. The number of nitrogen functional groups attached to an aromatic ring is 1. The molecule has 5 heteroatoms. The average molecular weight is 248 g/mol. The zero-order chi connectivity index (χ0) is 13.1. The highest BCUT2D eigenvalue weighted by atomic mass is 16.4. The Labute approximate surface area is 105 Å². The molecule has 1 saturated heterocycles. The molecular formula is C13H16N2O3. The van der Waals surface area contributed by atoms with Crippen LogP contribution in [0.3, 0.4) is 0 Å². The van der Waals surface area contributed by atoms with Crippen molar-refractivity contribution in [3.05, 3.63) is 29.8 Å². The number of carboxylic acids is 1. The van der Waals surface area contributed by atoms with Crippen LogP contribution in [0.1, 0.15) is 18.4 Å². The molecule has 1 atom stereocenters. The Hall–Kier alpha value is -2.04. The van der Waals surface area contributed by atoms with E-state index in [1.807, 2.05) is 0 Å². The van der Waals surface area contributed by atoms with Gasteiger partial charge in [0, 0.05) is 12.2 Å². The van der Waals surface area contributed by atoms with Crippen LogP contribution in [0, 0.1) is 0 Å². The van der Waals surface area contributed by atoms with Crippen LogP contribution in [0.4, 0.5) is 5.69 Å². The lowest BCUT2D eigenvalue weighted by atomic mass is 10.1. The van der Waals surface area contributed by atoms with E-state index in [4.69, 9.17) is 10.8 Å². The van der Waals surface area contributed by atoms with Gasteiger partial charge in [0.05, 0.1) is 6.42 Å². The molecule has 0 aromatic heterocycles. The number of anilines is 1. The molecule has 1 amide bonds. The van der Waals surface area contributed by atoms with Crippen LogP contribution in [0.5, 0.6) is 0 Å². The van der Waals surface area contributed by atoms with Gasteiger partial charge in [-0.15, -0.1) is 0 Å². The molecule has 1 heterocycles. The Kier molecular flexibility index (Phi) is 3.50. The van der Waals surface area contributed by atoms with E-state index < -0.39 is 12.0 Å². The molecule has 96 valence electrons. The summed E-state index contributed by atoms with van der Waals surface area (Å²) in [6.07, 6.45) is 1.53. The minimum atomic E-state index is -0.918. The van der Waals surface area contributed by atoms with Gasteiger partial charge in [0.2, 0.25) is 5.91 Å². The lowest BCUT2D eigenvalue weighted by molar-refractivity contribution is -0.148. The summed E-state index contributed by atoms with van der Waals surface area (Å²) in [6, 6.07) is 6.40. The number of hydrogen-bond acceptors (Lipinski definition) is 3. The monoisotopic (exact) mass is 248 g/mol. The molecule has 1 aliphatic rings. The Morgan fingerprint density at radius 1 is 1.33 bits per heavy atom. The van der Waals surface area contributed by atoms with Gasteiger partial charge in [0.1, 0.15) is 6.04 Å². The van der Waals surface area contributed by atoms with Crippen molar-refractivity contribution in [1.29, 1.82) is 0 Å². The zero-order valence-electron chi connectivity index (χ0n) is 10.0. The summed E-state index contributed by atoms with van der Waals surface area (Å²) in [7, 11) is 0. The topological polar surface area (TPSA) is 83.6 Å². The largest absolute Gasteiger partial charge is 0.480 e. The number of amides is 1. The third-order valence-electron chi connectivity index (χ3n) is 3.19. The predicted octanol–water partition coefficient (Wildman–Crippen LogP) is 0.887. The van der Waals surface area contributed by atoms with Crippen molar-refractivity contribution in [1.82, 2.24) is 4.90 Å². The molecule has 0 saturated carbocycles. The zero-order valence-corrected chi connectivity index (χ0v) is 10.0. The van der Waals surface area contributed by atoms with Gasteiger partial charge < -0.3 is 15.7 Å². The first-order chi connectivity index (χ1) is 8.58. The van der Waals surface area contributed by atoms with Gasteiger partial charge >= 0.3 is 5.97 Å². The molecule has 2 rings (SSSR count). The third-order valence-corrected chi connectivity index (χ3v) is 3.19. The van der Waals surface area contributed by atoms with Crippen LogP contribution >= 0.6 is 0 Å². The van der Waals surface area contributed by atoms with Gasteiger partial charge in [0.15, 0.2) is 0 Å². The maximum Gasteiger partial charge on any atom is 0.326 e. The molecule has 0 unspecified atom stereocenters. The number of carboxylic acid groups (broad SMARTS) is 1. The van der Waals surface area contributed by atoms with Gasteiger partial charge in [0.25, 0.3) is 0 Å². The van der Waals surface area contributed by atoms with Crippen molar-refractivity contribution in [2.45, 2.75) is 25.3 Å². The number of carbonyl (C=O) groups is 2. The summed E-state index contributed by atoms with van der Waals surface area (Å²) in [5, 5.41) is 9.02. The smallest absolute Gasteiger partial charge is 0.326 e. The van der Waals surface area contributed by atoms with E-state index in [-0.39, 0.29) is 12.3 Å². The molecular weight excluding hydrogens is 232 g/mol. The van der Waals surface area contributed by atoms with Crippen molar-refractivity contribution >= 4 is 17.6 Å². The molecule has 1 aromatic rings. The van der Waals surface area contributed by atoms with Gasteiger partial charge in [-0.2, -0.15) is 0 Å². The summed E-state index contributed by atoms with van der Waals surface area (Å²) in [4.78, 5) is 24.5. The third kappa shape index (κ3) is 2.61. The second-order valence-electron chi connectivity index (χ2n) is 4.50. The van der Waals surface area contributed by atoms with E-state index in [2.05, 4.69) is 0 Å². The number of hydrogen-bond donors (Lipinski definition) is 2. The van der Waals surface area contributed by atoms with Crippen molar-refractivity contribution in [3.8, 4) is 0 Å². The van der Waals surface area contributed by atoms with E-state index in [0.29, 0.717) is 18.7 Å². The summed E-state index contributed by atoms with van der Waals surface area (Å²) < 4.78 is 0. The highest BCUT2D eigenvalue weighted by Gasteiger charge is 2.33. The first-order valence-corrected chi connectivity index (χ1v) is 5.94. The molecule has 0 spiro atoms. The minimum Gasteiger partial charge on any atom is -0.480 e. The number of benzene rings is 1. The first kappa shape index (κ1) is 12.4. The Morgan fingerprint density at radius 2 is 2.00 bits per heavy atom. The lowest BCUT2D eigenvalue weighted by Crippen LogP contribution is -2.41. The van der Waals surface area contributed by atoms with Crippen molar-refractivity contribution in [3.63, 3.8) is 0 Å². The van der Waals surface area contributed by atoms with E-state index in [1.165, 1.54) is 4.90 Å². The van der Waals surface area contributed by atoms with Crippen molar-refractivity contribution < 1.29 is 14.7 Å². The van der Waals surface area contributed by atoms with Crippen LogP contribution in [0.15, 0.2) is 24.3 Å². The van der Waals surface area contributed by atoms with Gasteiger partial charge in [-0.3, -0.25) is 4.79 Å². The number of aliphatic carboxylic acids is 1. The summed E-state index contributed by atoms with van der Waals surface area (Å²) >= 11 is 0. The number of rotatable bonds is 3. The number of likely N-dealkylation sites (tertiary alicyclic amines) is 1. The number of carbonyl (C=O) groups excluding carboxylic acids is 1. The fourth-order valence-electron chi connectivity index (χ4n) is 2.23. The highest BCUT2D eigenvalue weighted by Crippen LogP contribution is 2.19.